The topological polar surface area (TPSA) is 58.9 Å². The Balaban J connectivity index is 0.00000243. The van der Waals surface area contributed by atoms with Gasteiger partial charge in [0.2, 0.25) is 6.10 Å². The molecule has 1 unspecified atom stereocenters. The van der Waals surface area contributed by atoms with Gasteiger partial charge < -0.3 is 14.8 Å². The predicted molar refractivity (Wildman–Crippen MR) is 95.4 cm³/mol. The summed E-state index contributed by atoms with van der Waals surface area (Å²) in [6, 6.07) is 26.1. The van der Waals surface area contributed by atoms with E-state index in [0.29, 0.717) is 17.0 Å². The van der Waals surface area contributed by atoms with Crippen LogP contribution in [0.2, 0.25) is 0 Å². The smallest absolute Gasteiger partial charge is 0.349 e. The van der Waals surface area contributed by atoms with Gasteiger partial charge in [-0.3, -0.25) is 0 Å². The van der Waals surface area contributed by atoms with Crippen LogP contribution >= 0.6 is 0 Å². The molecule has 0 aromatic heterocycles. The Morgan fingerprint density at radius 1 is 1.00 bits per heavy atom. The Hall–Kier alpha value is -2.30. The van der Waals surface area contributed by atoms with E-state index in [4.69, 9.17) is 4.74 Å². The van der Waals surface area contributed by atoms with Crippen molar-refractivity contribution in [1.29, 1.82) is 0 Å². The second kappa shape index (κ2) is 10.00. The summed E-state index contributed by atoms with van der Waals surface area (Å²) in [5.74, 6) is -0.573. The Morgan fingerprint density at radius 3 is 2.31 bits per heavy atom. The second-order valence-corrected chi connectivity index (χ2v) is 5.24. The van der Waals surface area contributed by atoms with E-state index in [9.17, 15) is 9.90 Å². The number of carboxylic acid groups (broad SMARTS) is 1. The molecule has 0 saturated heterocycles. The van der Waals surface area contributed by atoms with Crippen LogP contribution in [0.1, 0.15) is 17.2 Å². The summed E-state index contributed by atoms with van der Waals surface area (Å²) in [7, 11) is 0. The minimum atomic E-state index is -1.05. The Labute approximate surface area is 177 Å². The molecule has 1 radical (unpaired) electrons. The van der Waals surface area contributed by atoms with Crippen molar-refractivity contribution in [2.45, 2.75) is 6.10 Å². The second-order valence-electron chi connectivity index (χ2n) is 5.24. The fourth-order valence-electron chi connectivity index (χ4n) is 2.21. The van der Waals surface area contributed by atoms with Gasteiger partial charge >= 0.3 is 5.97 Å². The summed E-state index contributed by atoms with van der Waals surface area (Å²) < 4.78 is 5.62. The van der Waals surface area contributed by atoms with Crippen molar-refractivity contribution < 1.29 is 47.3 Å². The van der Waals surface area contributed by atoms with E-state index in [1.165, 1.54) is 0 Å². The van der Waals surface area contributed by atoms with Crippen molar-refractivity contribution in [2.75, 3.05) is 0 Å². The third-order valence-corrected chi connectivity index (χ3v) is 3.43. The summed E-state index contributed by atoms with van der Waals surface area (Å²) in [5.41, 5.74) is 2.04. The normalized spacial score (nSPS) is 11.5. The summed E-state index contributed by atoms with van der Waals surface area (Å²) in [6.07, 6.45) is 1.87. The average molecular weight is 418 g/mol. The zero-order valence-corrected chi connectivity index (χ0v) is 16.7. The first kappa shape index (κ1) is 20.0. The van der Waals surface area contributed by atoms with Gasteiger partial charge in [-0.15, -0.1) is 23.4 Å². The molecule has 0 saturated carbocycles. The molecule has 5 heteroatoms. The van der Waals surface area contributed by atoms with Crippen LogP contribution in [0.15, 0.2) is 83.9 Å². The van der Waals surface area contributed by atoms with Crippen LogP contribution in [0.5, 0.6) is 5.75 Å². The molecule has 3 aromatic carbocycles. The number of benzene rings is 3. The molecule has 1 atom stereocenters. The first-order valence-corrected chi connectivity index (χ1v) is 7.70. The number of aliphatic carboxylic acids is 1. The van der Waals surface area contributed by atoms with E-state index in [-0.39, 0.29) is 32.7 Å². The van der Waals surface area contributed by atoms with E-state index < -0.39 is 12.1 Å². The number of carboxylic acids is 1. The molecule has 4 nitrogen and oxygen atoms in total. The molecule has 0 fully saturated rings. The Bertz CT molecular complexity index is 849. The van der Waals surface area contributed by atoms with Gasteiger partial charge in [-0.1, -0.05) is 42.5 Å². The number of para-hydroxylation sites is 1. The van der Waals surface area contributed by atoms with Crippen molar-refractivity contribution in [3.8, 4) is 5.75 Å². The van der Waals surface area contributed by atoms with E-state index >= 15 is 0 Å². The van der Waals surface area contributed by atoms with E-state index in [1.54, 1.807) is 54.6 Å². The summed E-state index contributed by atoms with van der Waals surface area (Å²) in [4.78, 5) is 15.7. The number of carbonyl (C=O) groups is 1. The van der Waals surface area contributed by atoms with Crippen LogP contribution in [-0.2, 0) is 37.5 Å². The molecule has 3 rings (SSSR count). The molecule has 26 heavy (non-hydrogen) atoms. The molecule has 0 amide bonds. The van der Waals surface area contributed by atoms with E-state index in [1.807, 2.05) is 24.3 Å². The molecule has 0 aliphatic rings. The third-order valence-electron chi connectivity index (χ3n) is 3.43. The number of aliphatic imine (C=N–C) groups is 1. The molecule has 1 N–H and O–H groups in total. The minimum Gasteiger partial charge on any atom is -0.478 e. The minimum absolute atomic E-state index is 0. The van der Waals surface area contributed by atoms with Gasteiger partial charge in [0.25, 0.3) is 0 Å². The largest absolute Gasteiger partial charge is 0.478 e. The number of hydrogen-bond acceptors (Lipinski definition) is 3. The number of rotatable bonds is 6. The fourth-order valence-corrected chi connectivity index (χ4v) is 2.21. The molecule has 127 valence electrons. The van der Waals surface area contributed by atoms with Crippen LogP contribution < -0.4 is 4.74 Å². The first-order valence-electron chi connectivity index (χ1n) is 7.70. The molecule has 0 aliphatic heterocycles. The predicted octanol–water partition coefficient (Wildman–Crippen LogP) is 4.32. The van der Waals surface area contributed by atoms with Gasteiger partial charge in [-0.2, -0.15) is 24.3 Å². The van der Waals surface area contributed by atoms with Crippen LogP contribution in [-0.4, -0.2) is 17.3 Å². The van der Waals surface area contributed by atoms with Crippen molar-refractivity contribution in [3.63, 3.8) is 0 Å². The maximum atomic E-state index is 11.5. The zero-order valence-electron chi connectivity index (χ0n) is 13.9. The van der Waals surface area contributed by atoms with Crippen LogP contribution in [0.25, 0.3) is 0 Å². The number of hydrogen-bond donors (Lipinski definition) is 1. The van der Waals surface area contributed by atoms with Gasteiger partial charge in [0, 0.05) is 38.3 Å². The van der Waals surface area contributed by atoms with Crippen LogP contribution in [0.4, 0.5) is 5.69 Å². The fraction of sp³-hybridized carbons (Fsp3) is 0.0476. The van der Waals surface area contributed by atoms with Gasteiger partial charge in [-0.05, 0) is 6.21 Å². The summed E-state index contributed by atoms with van der Waals surface area (Å²) in [5, 5.41) is 9.40. The molecular formula is C21H15NO3Y-2. The first-order chi connectivity index (χ1) is 12.2. The monoisotopic (exact) mass is 418 g/mol. The molecule has 0 spiro atoms. The van der Waals surface area contributed by atoms with E-state index in [0.717, 1.165) is 5.56 Å². The van der Waals surface area contributed by atoms with Gasteiger partial charge in [0.05, 0.1) is 0 Å². The van der Waals surface area contributed by atoms with Crippen molar-refractivity contribution >= 4 is 17.9 Å². The summed E-state index contributed by atoms with van der Waals surface area (Å²) in [6.45, 7) is 0. The van der Waals surface area contributed by atoms with Gasteiger partial charge in [0.15, 0.2) is 0 Å². The molecule has 0 bridgehead atoms. The van der Waals surface area contributed by atoms with Crippen molar-refractivity contribution in [2.24, 2.45) is 4.99 Å². The molecular weight excluding hydrogens is 403 g/mol. The number of ether oxygens (including phenoxy) is 1. The van der Waals surface area contributed by atoms with E-state index in [2.05, 4.69) is 17.3 Å². The Morgan fingerprint density at radius 2 is 1.69 bits per heavy atom. The van der Waals surface area contributed by atoms with Gasteiger partial charge in [-0.25, -0.2) is 10.9 Å². The Kier molecular flexibility index (Phi) is 7.70. The van der Waals surface area contributed by atoms with Crippen LogP contribution in [0.3, 0.4) is 0 Å². The van der Waals surface area contributed by atoms with Crippen molar-refractivity contribution in [1.82, 2.24) is 0 Å². The maximum Gasteiger partial charge on any atom is 0.349 e. The number of nitrogens with zero attached hydrogens (tertiary/aromatic N) is 1. The van der Waals surface area contributed by atoms with Gasteiger partial charge in [0.1, 0.15) is 5.75 Å². The standard InChI is InChI=1S/C21H15NO3.Y/c23-21(24)20(17-7-3-1-4-8-17)25-19-13-11-16(12-14-19)15-22-18-9-5-2-6-10-18;/h1-9,11-14,20H,(H,23,24);/q-2;. The molecule has 0 aliphatic carbocycles. The SMILES string of the molecule is O=C(O)C(Oc1ccc([C-]=Nc2[c-]cccc2)cc1)c1ccccc1.[Y]. The average Bonchev–Trinajstić information content (AvgIpc) is 2.66. The molecule has 3 aromatic rings. The van der Waals surface area contributed by atoms with Crippen molar-refractivity contribution in [3.05, 3.63) is 96.1 Å². The molecule has 0 heterocycles. The quantitative estimate of drug-likeness (QED) is 0.479. The maximum absolute atomic E-state index is 11.5. The van der Waals surface area contributed by atoms with Crippen LogP contribution in [0, 0.1) is 6.07 Å². The summed E-state index contributed by atoms with van der Waals surface area (Å²) >= 11 is 0. The third kappa shape index (κ3) is 5.62. The zero-order chi connectivity index (χ0) is 17.5.